The van der Waals surface area contributed by atoms with Crippen molar-refractivity contribution < 1.29 is 9.53 Å². The quantitative estimate of drug-likeness (QED) is 0.738. The van der Waals surface area contributed by atoms with E-state index in [0.717, 1.165) is 12.1 Å². The molecule has 1 aromatic heterocycles. The first-order valence-corrected chi connectivity index (χ1v) is 5.32. The summed E-state index contributed by atoms with van der Waals surface area (Å²) in [6.45, 7) is 0. The molecular weight excluding hydrogens is 202 g/mol. The van der Waals surface area contributed by atoms with Crippen LogP contribution in [0.5, 0.6) is 0 Å². The van der Waals surface area contributed by atoms with Crippen LogP contribution in [0.1, 0.15) is 12.1 Å². The lowest BCUT2D eigenvalue weighted by Gasteiger charge is -2.03. The van der Waals surface area contributed by atoms with E-state index in [2.05, 4.69) is 27.5 Å². The van der Waals surface area contributed by atoms with Crippen LogP contribution in [-0.2, 0) is 23.0 Å². The number of carbonyl (C=O) groups is 1. The molecule has 1 heterocycles. The van der Waals surface area contributed by atoms with Gasteiger partial charge in [-0.15, -0.1) is 0 Å². The first kappa shape index (κ1) is 10.7. The molecule has 0 N–H and O–H groups in total. The van der Waals surface area contributed by atoms with Gasteiger partial charge in [-0.2, -0.15) is 0 Å². The zero-order chi connectivity index (χ0) is 11.5. The average molecular weight is 217 g/mol. The van der Waals surface area contributed by atoms with Crippen molar-refractivity contribution >= 4 is 16.9 Å². The standard InChI is InChI=1S/C13H15NO2/c1-14-11(7-8-13(15)16-2)9-10-5-3-4-6-12(10)14/h3-6,9H,7-8H2,1-2H3. The highest BCUT2D eigenvalue weighted by Crippen LogP contribution is 2.19. The zero-order valence-electron chi connectivity index (χ0n) is 9.56. The highest BCUT2D eigenvalue weighted by Gasteiger charge is 2.07. The van der Waals surface area contributed by atoms with Crippen LogP contribution < -0.4 is 0 Å². The lowest BCUT2D eigenvalue weighted by atomic mass is 10.2. The smallest absolute Gasteiger partial charge is 0.305 e. The van der Waals surface area contributed by atoms with Crippen LogP contribution in [0.15, 0.2) is 30.3 Å². The van der Waals surface area contributed by atoms with E-state index in [1.165, 1.54) is 18.0 Å². The molecule has 0 atom stereocenters. The van der Waals surface area contributed by atoms with Gasteiger partial charge in [-0.3, -0.25) is 4.79 Å². The van der Waals surface area contributed by atoms with Crippen molar-refractivity contribution in [3.8, 4) is 0 Å². The Morgan fingerprint density at radius 2 is 2.12 bits per heavy atom. The maximum Gasteiger partial charge on any atom is 0.305 e. The molecule has 3 heteroatoms. The summed E-state index contributed by atoms with van der Waals surface area (Å²) in [4.78, 5) is 11.1. The zero-order valence-corrected chi connectivity index (χ0v) is 9.56. The average Bonchev–Trinajstić information content (AvgIpc) is 2.64. The summed E-state index contributed by atoms with van der Waals surface area (Å²) < 4.78 is 6.76. The van der Waals surface area contributed by atoms with Gasteiger partial charge in [-0.25, -0.2) is 0 Å². The monoisotopic (exact) mass is 217 g/mol. The van der Waals surface area contributed by atoms with E-state index in [9.17, 15) is 4.79 Å². The molecule has 16 heavy (non-hydrogen) atoms. The molecule has 0 saturated carbocycles. The van der Waals surface area contributed by atoms with Crippen LogP contribution in [-0.4, -0.2) is 17.6 Å². The number of hydrogen-bond acceptors (Lipinski definition) is 2. The summed E-state index contributed by atoms with van der Waals surface area (Å²) in [6, 6.07) is 10.3. The Kier molecular flexibility index (Phi) is 2.95. The molecule has 0 fully saturated rings. The predicted octanol–water partition coefficient (Wildman–Crippen LogP) is 2.28. The lowest BCUT2D eigenvalue weighted by molar-refractivity contribution is -0.140. The van der Waals surface area contributed by atoms with E-state index in [-0.39, 0.29) is 5.97 Å². The molecule has 0 radical (unpaired) electrons. The number of ether oxygens (including phenoxy) is 1. The maximum absolute atomic E-state index is 11.1. The number of methoxy groups -OCH3 is 1. The SMILES string of the molecule is COC(=O)CCc1cc2ccccc2n1C. The Bertz CT molecular complexity index is 514. The fourth-order valence-electron chi connectivity index (χ4n) is 1.92. The van der Waals surface area contributed by atoms with E-state index in [0.29, 0.717) is 6.42 Å². The molecule has 0 aliphatic heterocycles. The Hall–Kier alpha value is -1.77. The van der Waals surface area contributed by atoms with Crippen molar-refractivity contribution in [2.45, 2.75) is 12.8 Å². The van der Waals surface area contributed by atoms with Crippen LogP contribution >= 0.6 is 0 Å². The van der Waals surface area contributed by atoms with Crippen LogP contribution in [0.25, 0.3) is 10.9 Å². The Morgan fingerprint density at radius 3 is 2.81 bits per heavy atom. The minimum absolute atomic E-state index is 0.162. The number of aromatic nitrogens is 1. The van der Waals surface area contributed by atoms with Gasteiger partial charge in [-0.05, 0) is 23.9 Å². The van der Waals surface area contributed by atoms with E-state index < -0.39 is 0 Å². The van der Waals surface area contributed by atoms with Gasteiger partial charge >= 0.3 is 5.97 Å². The number of hydrogen-bond donors (Lipinski definition) is 0. The number of rotatable bonds is 3. The van der Waals surface area contributed by atoms with Gasteiger partial charge < -0.3 is 9.30 Å². The van der Waals surface area contributed by atoms with E-state index in [1.807, 2.05) is 19.2 Å². The van der Waals surface area contributed by atoms with Gasteiger partial charge in [0.25, 0.3) is 0 Å². The van der Waals surface area contributed by atoms with Gasteiger partial charge in [0.1, 0.15) is 0 Å². The Morgan fingerprint density at radius 1 is 1.38 bits per heavy atom. The molecule has 0 spiro atoms. The molecule has 2 rings (SSSR count). The summed E-state index contributed by atoms with van der Waals surface area (Å²) in [7, 11) is 3.44. The third-order valence-electron chi connectivity index (χ3n) is 2.86. The molecule has 0 unspecified atom stereocenters. The third kappa shape index (κ3) is 1.94. The van der Waals surface area contributed by atoms with Gasteiger partial charge in [0.15, 0.2) is 0 Å². The number of para-hydroxylation sites is 1. The number of esters is 1. The van der Waals surface area contributed by atoms with Crippen LogP contribution in [0.2, 0.25) is 0 Å². The molecule has 0 bridgehead atoms. The summed E-state index contributed by atoms with van der Waals surface area (Å²) in [5.74, 6) is -0.162. The molecule has 2 aromatic rings. The second-order valence-corrected chi connectivity index (χ2v) is 3.83. The molecule has 0 aliphatic rings. The summed E-state index contributed by atoms with van der Waals surface area (Å²) >= 11 is 0. The Labute approximate surface area is 94.6 Å². The van der Waals surface area contributed by atoms with Crippen LogP contribution in [0, 0.1) is 0 Å². The summed E-state index contributed by atoms with van der Waals surface area (Å²) in [6.07, 6.45) is 1.15. The van der Waals surface area contributed by atoms with Gasteiger partial charge in [0.05, 0.1) is 13.5 Å². The van der Waals surface area contributed by atoms with E-state index >= 15 is 0 Å². The van der Waals surface area contributed by atoms with Crippen molar-refractivity contribution in [3.05, 3.63) is 36.0 Å². The second-order valence-electron chi connectivity index (χ2n) is 3.83. The molecule has 1 aromatic carbocycles. The van der Waals surface area contributed by atoms with Gasteiger partial charge in [-0.1, -0.05) is 18.2 Å². The fourth-order valence-corrected chi connectivity index (χ4v) is 1.92. The molecular formula is C13H15NO2. The minimum Gasteiger partial charge on any atom is -0.469 e. The normalized spacial score (nSPS) is 10.6. The fraction of sp³-hybridized carbons (Fsp3) is 0.308. The predicted molar refractivity (Wildman–Crippen MR) is 63.3 cm³/mol. The number of carbonyl (C=O) groups excluding carboxylic acids is 1. The lowest BCUT2D eigenvalue weighted by Crippen LogP contribution is -2.04. The summed E-state index contributed by atoms with van der Waals surface area (Å²) in [5.41, 5.74) is 2.36. The largest absolute Gasteiger partial charge is 0.469 e. The van der Waals surface area contributed by atoms with Gasteiger partial charge in [0, 0.05) is 18.3 Å². The molecule has 3 nitrogen and oxygen atoms in total. The topological polar surface area (TPSA) is 31.2 Å². The molecule has 84 valence electrons. The van der Waals surface area contributed by atoms with Crippen molar-refractivity contribution in [1.82, 2.24) is 4.57 Å². The number of nitrogens with zero attached hydrogens (tertiary/aromatic N) is 1. The Balaban J connectivity index is 2.24. The van der Waals surface area contributed by atoms with Crippen LogP contribution in [0.3, 0.4) is 0 Å². The maximum atomic E-state index is 11.1. The highest BCUT2D eigenvalue weighted by atomic mass is 16.5. The summed E-state index contributed by atoms with van der Waals surface area (Å²) in [5, 5.41) is 1.21. The van der Waals surface area contributed by atoms with Crippen molar-refractivity contribution in [1.29, 1.82) is 0 Å². The first-order valence-electron chi connectivity index (χ1n) is 5.32. The van der Waals surface area contributed by atoms with E-state index in [4.69, 9.17) is 0 Å². The molecule has 0 aliphatic carbocycles. The second kappa shape index (κ2) is 4.39. The molecule has 0 saturated heterocycles. The van der Waals surface area contributed by atoms with Crippen molar-refractivity contribution in [2.24, 2.45) is 7.05 Å². The number of aryl methyl sites for hydroxylation is 2. The highest BCUT2D eigenvalue weighted by molar-refractivity contribution is 5.81. The molecule has 0 amide bonds. The first-order chi connectivity index (χ1) is 7.72. The van der Waals surface area contributed by atoms with Crippen LogP contribution in [0.4, 0.5) is 0 Å². The van der Waals surface area contributed by atoms with Crippen molar-refractivity contribution in [2.75, 3.05) is 7.11 Å². The van der Waals surface area contributed by atoms with E-state index in [1.54, 1.807) is 0 Å². The number of fused-ring (bicyclic) bond motifs is 1. The third-order valence-corrected chi connectivity index (χ3v) is 2.86. The van der Waals surface area contributed by atoms with Gasteiger partial charge in [0.2, 0.25) is 0 Å². The minimum atomic E-state index is -0.162. The van der Waals surface area contributed by atoms with Crippen molar-refractivity contribution in [3.63, 3.8) is 0 Å². The number of benzene rings is 1.